The molecular weight excluding hydrogens is 202 g/mol. The highest BCUT2D eigenvalue weighted by molar-refractivity contribution is 5.34. The van der Waals surface area contributed by atoms with Crippen LogP contribution in [0, 0.1) is 0 Å². The van der Waals surface area contributed by atoms with Crippen LogP contribution in [0.1, 0.15) is 37.5 Å². The molecular formula is C13H17NO2. The average molecular weight is 219 g/mol. The van der Waals surface area contributed by atoms with E-state index < -0.39 is 0 Å². The molecule has 1 aromatic rings. The Labute approximate surface area is 95.4 Å². The quantitative estimate of drug-likeness (QED) is 0.761. The van der Waals surface area contributed by atoms with Gasteiger partial charge < -0.3 is 9.84 Å². The smallest absolute Gasteiger partial charge is 0.138 e. The van der Waals surface area contributed by atoms with Crippen LogP contribution in [0.4, 0.5) is 0 Å². The van der Waals surface area contributed by atoms with E-state index in [0.717, 1.165) is 12.0 Å². The van der Waals surface area contributed by atoms with Crippen molar-refractivity contribution in [1.82, 2.24) is 5.32 Å². The van der Waals surface area contributed by atoms with Crippen LogP contribution in [0.3, 0.4) is 0 Å². The van der Waals surface area contributed by atoms with Crippen molar-refractivity contribution in [1.29, 1.82) is 0 Å². The third kappa shape index (κ3) is 1.70. The second-order valence-corrected chi connectivity index (χ2v) is 4.67. The topological polar surface area (TPSA) is 41.5 Å². The number of benzene rings is 1. The molecule has 2 N–H and O–H groups in total. The van der Waals surface area contributed by atoms with Crippen molar-refractivity contribution in [3.05, 3.63) is 29.8 Å². The maximum atomic E-state index is 9.78. The first-order valence-corrected chi connectivity index (χ1v) is 6.04. The van der Waals surface area contributed by atoms with Gasteiger partial charge in [-0.1, -0.05) is 31.0 Å². The zero-order valence-electron chi connectivity index (χ0n) is 9.23. The molecule has 3 nitrogen and oxygen atoms in total. The van der Waals surface area contributed by atoms with Crippen LogP contribution in [-0.2, 0) is 4.74 Å². The Kier molecular flexibility index (Phi) is 2.58. The zero-order chi connectivity index (χ0) is 11.0. The summed E-state index contributed by atoms with van der Waals surface area (Å²) in [5.41, 5.74) is 0.858. The van der Waals surface area contributed by atoms with E-state index in [2.05, 4.69) is 5.32 Å². The van der Waals surface area contributed by atoms with Gasteiger partial charge in [0.15, 0.2) is 0 Å². The lowest BCUT2D eigenvalue weighted by molar-refractivity contribution is 0.0236. The Balaban J connectivity index is 1.80. The molecule has 0 aromatic heterocycles. The zero-order valence-corrected chi connectivity index (χ0v) is 9.23. The minimum Gasteiger partial charge on any atom is -0.508 e. The minimum absolute atomic E-state index is 0.130. The molecule has 86 valence electrons. The number of hydrogen-bond acceptors (Lipinski definition) is 3. The number of para-hydroxylation sites is 1. The maximum absolute atomic E-state index is 9.78. The highest BCUT2D eigenvalue weighted by Crippen LogP contribution is 2.35. The maximum Gasteiger partial charge on any atom is 0.138 e. The number of hydrogen-bond donors (Lipinski definition) is 2. The molecule has 1 saturated heterocycles. The van der Waals surface area contributed by atoms with Gasteiger partial charge in [-0.05, 0) is 18.9 Å². The summed E-state index contributed by atoms with van der Waals surface area (Å²) in [7, 11) is 0. The molecule has 0 spiro atoms. The molecule has 1 heterocycles. The lowest BCUT2D eigenvalue weighted by Crippen LogP contribution is -2.33. The van der Waals surface area contributed by atoms with Crippen LogP contribution in [-0.4, -0.2) is 17.3 Å². The largest absolute Gasteiger partial charge is 0.508 e. The second kappa shape index (κ2) is 4.07. The van der Waals surface area contributed by atoms with Gasteiger partial charge in [0, 0.05) is 11.6 Å². The molecule has 3 atom stereocenters. The van der Waals surface area contributed by atoms with Crippen LogP contribution in [0.15, 0.2) is 24.3 Å². The van der Waals surface area contributed by atoms with E-state index in [9.17, 15) is 5.11 Å². The number of rotatable bonds is 1. The molecule has 16 heavy (non-hydrogen) atoms. The van der Waals surface area contributed by atoms with Gasteiger partial charge in [-0.25, -0.2) is 0 Å². The van der Waals surface area contributed by atoms with E-state index in [1.807, 2.05) is 18.2 Å². The van der Waals surface area contributed by atoms with E-state index in [1.54, 1.807) is 6.07 Å². The number of aromatic hydroxyl groups is 1. The first kappa shape index (κ1) is 10.1. The van der Waals surface area contributed by atoms with Gasteiger partial charge >= 0.3 is 0 Å². The second-order valence-electron chi connectivity index (χ2n) is 4.67. The third-order valence-corrected chi connectivity index (χ3v) is 3.60. The van der Waals surface area contributed by atoms with Gasteiger partial charge in [-0.2, -0.15) is 0 Å². The molecule has 1 aliphatic carbocycles. The van der Waals surface area contributed by atoms with E-state index >= 15 is 0 Å². The van der Waals surface area contributed by atoms with E-state index in [1.165, 1.54) is 19.3 Å². The standard InChI is InChI=1S/C13H17NO2/c15-11-7-3-1-5-9(11)13-14-10-6-2-4-8-12(10)16-13/h1,3,5,7,10,12-15H,2,4,6,8H2. The van der Waals surface area contributed by atoms with Crippen molar-refractivity contribution in [3.63, 3.8) is 0 Å². The van der Waals surface area contributed by atoms with Crippen LogP contribution in [0.25, 0.3) is 0 Å². The Morgan fingerprint density at radius 3 is 2.81 bits per heavy atom. The third-order valence-electron chi connectivity index (χ3n) is 3.60. The summed E-state index contributed by atoms with van der Waals surface area (Å²) in [5.74, 6) is 0.318. The van der Waals surface area contributed by atoms with Crippen LogP contribution < -0.4 is 5.32 Å². The van der Waals surface area contributed by atoms with E-state index in [-0.39, 0.29) is 6.23 Å². The van der Waals surface area contributed by atoms with Gasteiger partial charge in [0.1, 0.15) is 12.0 Å². The summed E-state index contributed by atoms with van der Waals surface area (Å²) in [6.45, 7) is 0. The molecule has 1 aliphatic heterocycles. The molecule has 0 amide bonds. The number of fused-ring (bicyclic) bond motifs is 1. The molecule has 2 fully saturated rings. The fourth-order valence-electron chi connectivity index (χ4n) is 2.73. The lowest BCUT2D eigenvalue weighted by atomic mass is 9.93. The summed E-state index contributed by atoms with van der Waals surface area (Å²) < 4.78 is 5.96. The Hall–Kier alpha value is -1.06. The number of nitrogens with one attached hydrogen (secondary N) is 1. The highest BCUT2D eigenvalue weighted by Gasteiger charge is 2.37. The molecule has 2 aliphatic rings. The average Bonchev–Trinajstić information content (AvgIpc) is 2.73. The summed E-state index contributed by atoms with van der Waals surface area (Å²) in [5, 5.41) is 13.3. The monoisotopic (exact) mass is 219 g/mol. The van der Waals surface area contributed by atoms with Crippen molar-refractivity contribution in [2.45, 2.75) is 44.1 Å². The molecule has 0 bridgehead atoms. The van der Waals surface area contributed by atoms with Gasteiger partial charge in [-0.15, -0.1) is 0 Å². The van der Waals surface area contributed by atoms with Crippen molar-refractivity contribution in [2.24, 2.45) is 0 Å². The Bertz CT molecular complexity index is 366. The summed E-state index contributed by atoms with van der Waals surface area (Å²) in [6, 6.07) is 7.87. The predicted octanol–water partition coefficient (Wildman–Crippen LogP) is 2.32. The molecule has 3 unspecified atom stereocenters. The molecule has 0 radical (unpaired) electrons. The SMILES string of the molecule is Oc1ccccc1C1NC2CCCCC2O1. The number of phenols is 1. The molecule has 3 rings (SSSR count). The Morgan fingerprint density at radius 1 is 1.19 bits per heavy atom. The van der Waals surface area contributed by atoms with Gasteiger partial charge in [0.05, 0.1) is 6.10 Å². The molecule has 3 heteroatoms. The van der Waals surface area contributed by atoms with Crippen LogP contribution >= 0.6 is 0 Å². The lowest BCUT2D eigenvalue weighted by Gasteiger charge is -2.22. The van der Waals surface area contributed by atoms with Gasteiger partial charge in [0.2, 0.25) is 0 Å². The highest BCUT2D eigenvalue weighted by atomic mass is 16.5. The number of phenolic OH excluding ortho intramolecular Hbond substituents is 1. The first-order valence-electron chi connectivity index (χ1n) is 6.04. The predicted molar refractivity (Wildman–Crippen MR) is 61.1 cm³/mol. The Morgan fingerprint density at radius 2 is 2.00 bits per heavy atom. The van der Waals surface area contributed by atoms with Crippen LogP contribution in [0.5, 0.6) is 5.75 Å². The summed E-state index contributed by atoms with van der Waals surface area (Å²) >= 11 is 0. The molecule has 1 saturated carbocycles. The minimum atomic E-state index is -0.130. The summed E-state index contributed by atoms with van der Waals surface area (Å²) in [4.78, 5) is 0. The fourth-order valence-corrected chi connectivity index (χ4v) is 2.73. The van der Waals surface area contributed by atoms with Crippen molar-refractivity contribution in [3.8, 4) is 5.75 Å². The van der Waals surface area contributed by atoms with Crippen molar-refractivity contribution >= 4 is 0 Å². The van der Waals surface area contributed by atoms with Crippen molar-refractivity contribution < 1.29 is 9.84 Å². The first-order chi connectivity index (χ1) is 7.84. The number of ether oxygens (including phenoxy) is 1. The normalized spacial score (nSPS) is 33.6. The van der Waals surface area contributed by atoms with Crippen LogP contribution in [0.2, 0.25) is 0 Å². The van der Waals surface area contributed by atoms with Gasteiger partial charge in [0.25, 0.3) is 0 Å². The van der Waals surface area contributed by atoms with Gasteiger partial charge in [-0.3, -0.25) is 5.32 Å². The fraction of sp³-hybridized carbons (Fsp3) is 0.538. The van der Waals surface area contributed by atoms with E-state index in [0.29, 0.717) is 17.9 Å². The summed E-state index contributed by atoms with van der Waals surface area (Å²) in [6.07, 6.45) is 5.07. The van der Waals surface area contributed by atoms with Crippen molar-refractivity contribution in [2.75, 3.05) is 0 Å². The van der Waals surface area contributed by atoms with E-state index in [4.69, 9.17) is 4.74 Å². The molecule has 1 aromatic carbocycles.